The van der Waals surface area contributed by atoms with Gasteiger partial charge in [0.15, 0.2) is 17.3 Å². The molecule has 1 heterocycles. The maximum Gasteiger partial charge on any atom is 0.161 e. The molecule has 0 fully saturated rings. The number of ether oxygens (including phenoxy) is 1. The Morgan fingerprint density at radius 2 is 2.11 bits per heavy atom. The number of rotatable bonds is 3. The zero-order chi connectivity index (χ0) is 14.0. The molecule has 0 saturated heterocycles. The van der Waals surface area contributed by atoms with Gasteiger partial charge in [-0.05, 0) is 40.5 Å². The lowest BCUT2D eigenvalue weighted by Gasteiger charge is -2.08. The fourth-order valence-electron chi connectivity index (χ4n) is 1.64. The third kappa shape index (κ3) is 2.82. The summed E-state index contributed by atoms with van der Waals surface area (Å²) in [6.07, 6.45) is 0.741. The summed E-state index contributed by atoms with van der Waals surface area (Å²) in [5.41, 5.74) is 1.57. The highest BCUT2D eigenvalue weighted by molar-refractivity contribution is 9.10. The molecule has 0 aliphatic carbocycles. The van der Waals surface area contributed by atoms with Crippen LogP contribution in [-0.2, 0) is 6.42 Å². The lowest BCUT2D eigenvalue weighted by molar-refractivity contribution is 0.373. The Morgan fingerprint density at radius 1 is 1.37 bits per heavy atom. The topological polar surface area (TPSA) is 55.2 Å². The largest absolute Gasteiger partial charge is 0.504 e. The van der Waals surface area contributed by atoms with Crippen molar-refractivity contribution in [3.63, 3.8) is 0 Å². The number of halogens is 2. The molecule has 0 spiro atoms. The quantitative estimate of drug-likeness (QED) is 0.860. The van der Waals surface area contributed by atoms with Crippen molar-refractivity contribution in [1.82, 2.24) is 9.97 Å². The summed E-state index contributed by atoms with van der Waals surface area (Å²) in [6.45, 7) is 1.99. The summed E-state index contributed by atoms with van der Waals surface area (Å²) in [5.74, 6) is 0.951. The predicted molar refractivity (Wildman–Crippen MR) is 77.8 cm³/mol. The van der Waals surface area contributed by atoms with Gasteiger partial charge in [0.25, 0.3) is 0 Å². The Morgan fingerprint density at radius 3 is 2.74 bits per heavy atom. The highest BCUT2D eigenvalue weighted by Gasteiger charge is 2.12. The molecule has 0 bridgehead atoms. The van der Waals surface area contributed by atoms with Crippen LogP contribution in [0.4, 0.5) is 0 Å². The van der Waals surface area contributed by atoms with Crippen LogP contribution in [0.3, 0.4) is 0 Å². The molecule has 0 atom stereocenters. The van der Waals surface area contributed by atoms with E-state index in [9.17, 15) is 5.11 Å². The minimum absolute atomic E-state index is 0.0742. The molecule has 0 aliphatic rings. The standard InChI is InChI=1S/C13H12BrClN2O2/c1-3-8-11(14)12(15)17-13(16-8)7-4-5-9(18)10(6-7)19-2/h4-6,18H,3H2,1-2H3. The van der Waals surface area contributed by atoms with Gasteiger partial charge in [-0.25, -0.2) is 9.97 Å². The van der Waals surface area contributed by atoms with Gasteiger partial charge < -0.3 is 9.84 Å². The van der Waals surface area contributed by atoms with Crippen LogP contribution >= 0.6 is 27.5 Å². The molecule has 0 radical (unpaired) electrons. The SMILES string of the molecule is CCc1nc(-c2ccc(O)c(OC)c2)nc(Cl)c1Br. The molecule has 100 valence electrons. The molecule has 1 N–H and O–H groups in total. The molecule has 0 aliphatic heterocycles. The van der Waals surface area contributed by atoms with Crippen LogP contribution in [0.1, 0.15) is 12.6 Å². The Labute approximate surface area is 124 Å². The van der Waals surface area contributed by atoms with E-state index in [1.807, 2.05) is 6.92 Å². The van der Waals surface area contributed by atoms with Crippen LogP contribution < -0.4 is 4.74 Å². The average molecular weight is 344 g/mol. The van der Waals surface area contributed by atoms with Crippen LogP contribution in [-0.4, -0.2) is 22.2 Å². The molecule has 1 aromatic heterocycles. The first-order valence-corrected chi connectivity index (χ1v) is 6.83. The molecule has 2 aromatic rings. The zero-order valence-corrected chi connectivity index (χ0v) is 12.8. The van der Waals surface area contributed by atoms with Crippen LogP contribution in [0.5, 0.6) is 11.5 Å². The van der Waals surface area contributed by atoms with Gasteiger partial charge in [0.05, 0.1) is 17.3 Å². The summed E-state index contributed by atoms with van der Waals surface area (Å²) in [7, 11) is 1.49. The molecule has 0 amide bonds. The second-order valence-electron chi connectivity index (χ2n) is 3.84. The van der Waals surface area contributed by atoms with Crippen molar-refractivity contribution in [2.45, 2.75) is 13.3 Å². The van der Waals surface area contributed by atoms with E-state index in [4.69, 9.17) is 16.3 Å². The number of methoxy groups -OCH3 is 1. The average Bonchev–Trinajstić information content (AvgIpc) is 2.42. The molecule has 19 heavy (non-hydrogen) atoms. The minimum Gasteiger partial charge on any atom is -0.504 e. The van der Waals surface area contributed by atoms with Gasteiger partial charge >= 0.3 is 0 Å². The van der Waals surface area contributed by atoms with E-state index in [-0.39, 0.29) is 5.75 Å². The van der Waals surface area contributed by atoms with Crippen molar-refractivity contribution >= 4 is 27.5 Å². The highest BCUT2D eigenvalue weighted by Crippen LogP contribution is 2.32. The van der Waals surface area contributed by atoms with Gasteiger partial charge in [0.1, 0.15) is 5.15 Å². The van der Waals surface area contributed by atoms with Crippen molar-refractivity contribution in [2.75, 3.05) is 7.11 Å². The number of nitrogens with zero attached hydrogens (tertiary/aromatic N) is 2. The molecular formula is C13H12BrClN2O2. The lowest BCUT2D eigenvalue weighted by Crippen LogP contribution is -1.97. The first-order valence-electron chi connectivity index (χ1n) is 5.66. The first kappa shape index (κ1) is 14.1. The third-order valence-corrected chi connectivity index (χ3v) is 3.99. The molecule has 0 unspecified atom stereocenters. The Kier molecular flexibility index (Phi) is 4.27. The fourth-order valence-corrected chi connectivity index (χ4v) is 2.29. The monoisotopic (exact) mass is 342 g/mol. The number of aromatic nitrogens is 2. The van der Waals surface area contributed by atoms with Crippen LogP contribution in [0.2, 0.25) is 5.15 Å². The fraction of sp³-hybridized carbons (Fsp3) is 0.231. The van der Waals surface area contributed by atoms with Gasteiger partial charge in [0.2, 0.25) is 0 Å². The zero-order valence-electron chi connectivity index (χ0n) is 10.4. The summed E-state index contributed by atoms with van der Waals surface area (Å²) >= 11 is 9.44. The molecule has 0 saturated carbocycles. The van der Waals surface area contributed by atoms with E-state index < -0.39 is 0 Å². The Bertz CT molecular complexity index is 620. The van der Waals surface area contributed by atoms with E-state index >= 15 is 0 Å². The molecule has 2 rings (SSSR count). The number of aromatic hydroxyl groups is 1. The van der Waals surface area contributed by atoms with E-state index in [0.717, 1.165) is 17.7 Å². The molecule has 4 nitrogen and oxygen atoms in total. The smallest absolute Gasteiger partial charge is 0.161 e. The first-order chi connectivity index (χ1) is 9.06. The van der Waals surface area contributed by atoms with Crippen molar-refractivity contribution < 1.29 is 9.84 Å². The summed E-state index contributed by atoms with van der Waals surface area (Å²) < 4.78 is 5.78. The number of phenolic OH excluding ortho intramolecular Hbond substituents is 1. The van der Waals surface area contributed by atoms with Crippen LogP contribution in [0.25, 0.3) is 11.4 Å². The minimum atomic E-state index is 0.0742. The van der Waals surface area contributed by atoms with Gasteiger partial charge in [-0.2, -0.15) is 0 Å². The van der Waals surface area contributed by atoms with E-state index in [2.05, 4.69) is 25.9 Å². The van der Waals surface area contributed by atoms with Crippen molar-refractivity contribution in [2.24, 2.45) is 0 Å². The van der Waals surface area contributed by atoms with Gasteiger partial charge in [-0.15, -0.1) is 0 Å². The number of aryl methyl sites for hydroxylation is 1. The Hall–Kier alpha value is -1.33. The summed E-state index contributed by atoms with van der Waals surface area (Å²) in [4.78, 5) is 8.67. The number of benzene rings is 1. The number of phenols is 1. The van der Waals surface area contributed by atoms with E-state index in [1.165, 1.54) is 7.11 Å². The van der Waals surface area contributed by atoms with Crippen LogP contribution in [0.15, 0.2) is 22.7 Å². The molecule has 6 heteroatoms. The molecule has 1 aromatic carbocycles. The van der Waals surface area contributed by atoms with Crippen molar-refractivity contribution in [3.05, 3.63) is 33.5 Å². The summed E-state index contributed by atoms with van der Waals surface area (Å²) in [5, 5.41) is 9.95. The third-order valence-electron chi connectivity index (χ3n) is 2.65. The maximum absolute atomic E-state index is 9.58. The number of hydrogen-bond acceptors (Lipinski definition) is 4. The normalized spacial score (nSPS) is 10.5. The van der Waals surface area contributed by atoms with Crippen molar-refractivity contribution in [1.29, 1.82) is 0 Å². The van der Waals surface area contributed by atoms with E-state index in [1.54, 1.807) is 18.2 Å². The van der Waals surface area contributed by atoms with Gasteiger partial charge in [-0.1, -0.05) is 18.5 Å². The van der Waals surface area contributed by atoms with Crippen LogP contribution in [0, 0.1) is 0 Å². The van der Waals surface area contributed by atoms with E-state index in [0.29, 0.717) is 21.2 Å². The summed E-state index contributed by atoms with van der Waals surface area (Å²) in [6, 6.07) is 4.93. The van der Waals surface area contributed by atoms with Gasteiger partial charge in [-0.3, -0.25) is 0 Å². The second-order valence-corrected chi connectivity index (χ2v) is 4.99. The second kappa shape index (κ2) is 5.75. The maximum atomic E-state index is 9.58. The van der Waals surface area contributed by atoms with Gasteiger partial charge in [0, 0.05) is 5.56 Å². The molecular weight excluding hydrogens is 332 g/mol. The van der Waals surface area contributed by atoms with Crippen molar-refractivity contribution in [3.8, 4) is 22.9 Å². The predicted octanol–water partition coefficient (Wildman–Crippen LogP) is 3.84. The highest BCUT2D eigenvalue weighted by atomic mass is 79.9. The lowest BCUT2D eigenvalue weighted by atomic mass is 10.2. The number of hydrogen-bond donors (Lipinski definition) is 1. The Balaban J connectivity index is 2.55.